The summed E-state index contributed by atoms with van der Waals surface area (Å²) in [4.78, 5) is 6.84. The topological polar surface area (TPSA) is 124 Å². The first-order chi connectivity index (χ1) is 14.5. The molecule has 9 nitrogen and oxygen atoms in total. The van der Waals surface area contributed by atoms with E-state index in [1.807, 2.05) is 11.8 Å². The van der Waals surface area contributed by atoms with Gasteiger partial charge in [-0.05, 0) is 19.1 Å². The zero-order chi connectivity index (χ0) is 21.1. The minimum Gasteiger partial charge on any atom is -0.377 e. The molecular formula is C20H22N6O3S. The molecule has 3 N–H and O–H groups in total. The quantitative estimate of drug-likeness (QED) is 0.518. The van der Waals surface area contributed by atoms with Gasteiger partial charge in [-0.2, -0.15) is 5.10 Å². The summed E-state index contributed by atoms with van der Waals surface area (Å²) in [6, 6.07) is 11.5. The zero-order valence-electron chi connectivity index (χ0n) is 16.4. The van der Waals surface area contributed by atoms with Gasteiger partial charge in [0.2, 0.25) is 9.84 Å². The zero-order valence-corrected chi connectivity index (χ0v) is 17.2. The summed E-state index contributed by atoms with van der Waals surface area (Å²) in [5, 5.41) is 17.7. The summed E-state index contributed by atoms with van der Waals surface area (Å²) >= 11 is 0. The molecule has 1 fully saturated rings. The number of benzene rings is 1. The average molecular weight is 427 g/mol. The van der Waals surface area contributed by atoms with Crippen molar-refractivity contribution in [3.8, 4) is 0 Å². The molecule has 3 heterocycles. The summed E-state index contributed by atoms with van der Waals surface area (Å²) in [7, 11) is -3.88. The fourth-order valence-electron chi connectivity index (χ4n) is 3.37. The summed E-state index contributed by atoms with van der Waals surface area (Å²) in [5.41, 5.74) is 0.173. The lowest BCUT2D eigenvalue weighted by Gasteiger charge is -2.34. The largest absolute Gasteiger partial charge is 0.377 e. The van der Waals surface area contributed by atoms with E-state index in [1.54, 1.807) is 48.7 Å². The SMILES string of the molecule is C[C@@H]1COCCN1c1cc(S(=O)(=O)c2ccccc2)c(C=N)c(Nc2cc[nH]n2)n1. The lowest BCUT2D eigenvalue weighted by atomic mass is 10.2. The summed E-state index contributed by atoms with van der Waals surface area (Å²) < 4.78 is 32.4. The molecule has 30 heavy (non-hydrogen) atoms. The van der Waals surface area contributed by atoms with E-state index in [4.69, 9.17) is 10.1 Å². The average Bonchev–Trinajstić information content (AvgIpc) is 3.27. The Kier molecular flexibility index (Phi) is 5.51. The molecular weight excluding hydrogens is 404 g/mol. The highest BCUT2D eigenvalue weighted by atomic mass is 32.2. The van der Waals surface area contributed by atoms with Crippen molar-refractivity contribution in [2.45, 2.75) is 22.8 Å². The van der Waals surface area contributed by atoms with Crippen LogP contribution in [0.3, 0.4) is 0 Å². The van der Waals surface area contributed by atoms with Crippen LogP contribution in [0.4, 0.5) is 17.5 Å². The maximum atomic E-state index is 13.5. The number of sulfone groups is 1. The maximum Gasteiger partial charge on any atom is 0.207 e. The molecule has 0 amide bonds. The van der Waals surface area contributed by atoms with E-state index >= 15 is 0 Å². The number of rotatable bonds is 6. The van der Waals surface area contributed by atoms with Crippen molar-refractivity contribution in [3.63, 3.8) is 0 Å². The highest BCUT2D eigenvalue weighted by Gasteiger charge is 2.28. The third-order valence-electron chi connectivity index (χ3n) is 4.90. The Hall–Kier alpha value is -3.24. The van der Waals surface area contributed by atoms with E-state index in [0.29, 0.717) is 31.4 Å². The first-order valence-corrected chi connectivity index (χ1v) is 11.0. The van der Waals surface area contributed by atoms with Gasteiger partial charge in [0.05, 0.1) is 34.6 Å². The molecule has 0 spiro atoms. The molecule has 0 aliphatic carbocycles. The third kappa shape index (κ3) is 3.79. The highest BCUT2D eigenvalue weighted by Crippen LogP contribution is 2.32. The number of anilines is 3. The van der Waals surface area contributed by atoms with Crippen molar-refractivity contribution in [1.82, 2.24) is 15.2 Å². The second kappa shape index (κ2) is 8.25. The van der Waals surface area contributed by atoms with E-state index in [0.717, 1.165) is 6.21 Å². The molecule has 1 atom stereocenters. The molecule has 1 aliphatic heterocycles. The van der Waals surface area contributed by atoms with Gasteiger partial charge in [0, 0.05) is 31.1 Å². The van der Waals surface area contributed by atoms with E-state index < -0.39 is 9.84 Å². The van der Waals surface area contributed by atoms with Gasteiger partial charge in [-0.15, -0.1) is 0 Å². The first-order valence-electron chi connectivity index (χ1n) is 9.47. The summed E-state index contributed by atoms with van der Waals surface area (Å²) in [6.07, 6.45) is 2.65. The number of pyridine rings is 1. The smallest absolute Gasteiger partial charge is 0.207 e. The lowest BCUT2D eigenvalue weighted by Crippen LogP contribution is -2.44. The fraction of sp³-hybridized carbons (Fsp3) is 0.250. The second-order valence-electron chi connectivity index (χ2n) is 6.90. The van der Waals surface area contributed by atoms with E-state index in [2.05, 4.69) is 20.5 Å². The van der Waals surface area contributed by atoms with Crippen LogP contribution in [0, 0.1) is 5.41 Å². The lowest BCUT2D eigenvalue weighted by molar-refractivity contribution is 0.0985. The number of morpholine rings is 1. The Labute approximate surface area is 174 Å². The molecule has 0 bridgehead atoms. The molecule has 0 saturated carbocycles. The van der Waals surface area contributed by atoms with Gasteiger partial charge in [-0.3, -0.25) is 5.10 Å². The molecule has 0 unspecified atom stereocenters. The predicted molar refractivity (Wildman–Crippen MR) is 114 cm³/mol. The number of hydrogen-bond donors (Lipinski definition) is 3. The van der Waals surface area contributed by atoms with Gasteiger partial charge in [0.25, 0.3) is 0 Å². The number of nitrogens with one attached hydrogen (secondary N) is 3. The molecule has 156 valence electrons. The first kappa shape index (κ1) is 20.0. The molecule has 4 rings (SSSR count). The van der Waals surface area contributed by atoms with Crippen LogP contribution < -0.4 is 10.2 Å². The van der Waals surface area contributed by atoms with Gasteiger partial charge in [-0.1, -0.05) is 18.2 Å². The number of hydrogen-bond acceptors (Lipinski definition) is 8. The Morgan fingerprint density at radius 3 is 2.77 bits per heavy atom. The maximum absolute atomic E-state index is 13.5. The fourth-order valence-corrected chi connectivity index (χ4v) is 4.84. The van der Waals surface area contributed by atoms with Crippen LogP contribution in [0.15, 0.2) is 58.5 Å². The van der Waals surface area contributed by atoms with Gasteiger partial charge in [0.1, 0.15) is 11.6 Å². The van der Waals surface area contributed by atoms with Crippen molar-refractivity contribution in [2.24, 2.45) is 0 Å². The Bertz CT molecular complexity index is 1130. The Morgan fingerprint density at radius 2 is 2.10 bits per heavy atom. The monoisotopic (exact) mass is 426 g/mol. The van der Waals surface area contributed by atoms with Gasteiger partial charge in [0.15, 0.2) is 5.82 Å². The van der Waals surface area contributed by atoms with Crippen molar-refractivity contribution >= 4 is 33.5 Å². The van der Waals surface area contributed by atoms with E-state index in [1.165, 1.54) is 0 Å². The number of ether oxygens (including phenoxy) is 1. The number of H-pyrrole nitrogens is 1. The molecule has 2 aromatic heterocycles. The van der Waals surface area contributed by atoms with E-state index in [9.17, 15) is 8.42 Å². The van der Waals surface area contributed by atoms with Gasteiger partial charge >= 0.3 is 0 Å². The van der Waals surface area contributed by atoms with Gasteiger partial charge in [-0.25, -0.2) is 13.4 Å². The van der Waals surface area contributed by atoms with Crippen LogP contribution in [-0.4, -0.2) is 55.6 Å². The number of nitrogens with zero attached hydrogens (tertiary/aromatic N) is 3. The highest BCUT2D eigenvalue weighted by molar-refractivity contribution is 7.91. The van der Waals surface area contributed by atoms with Crippen LogP contribution in [-0.2, 0) is 14.6 Å². The summed E-state index contributed by atoms with van der Waals surface area (Å²) in [5.74, 6) is 1.23. The van der Waals surface area contributed by atoms with Crippen LogP contribution in [0.1, 0.15) is 12.5 Å². The van der Waals surface area contributed by atoms with Crippen molar-refractivity contribution < 1.29 is 13.2 Å². The van der Waals surface area contributed by atoms with Crippen molar-refractivity contribution in [2.75, 3.05) is 30.0 Å². The van der Waals surface area contributed by atoms with Crippen LogP contribution in [0.25, 0.3) is 0 Å². The van der Waals surface area contributed by atoms with Crippen molar-refractivity contribution in [1.29, 1.82) is 5.41 Å². The Balaban J connectivity index is 1.91. The third-order valence-corrected chi connectivity index (χ3v) is 6.71. The van der Waals surface area contributed by atoms with Crippen molar-refractivity contribution in [3.05, 3.63) is 54.2 Å². The minimum absolute atomic E-state index is 0.0189. The molecule has 0 radical (unpaired) electrons. The predicted octanol–water partition coefficient (Wildman–Crippen LogP) is 2.60. The van der Waals surface area contributed by atoms with E-state index in [-0.39, 0.29) is 27.2 Å². The molecule has 1 saturated heterocycles. The number of aromatic nitrogens is 3. The molecule has 3 aromatic rings. The van der Waals surface area contributed by atoms with Crippen LogP contribution in [0.2, 0.25) is 0 Å². The number of aromatic amines is 1. The molecule has 1 aromatic carbocycles. The Morgan fingerprint density at radius 1 is 1.30 bits per heavy atom. The standard InChI is InChI=1S/C20H22N6O3S/c1-14-13-29-10-9-26(14)19-11-17(30(27,28)15-5-3-2-4-6-15)16(12-21)20(24-19)23-18-7-8-22-25-18/h2-8,11-12,14,21H,9-10,13H2,1H3,(H2,22,23,24,25)/t14-/m1/s1. The van der Waals surface area contributed by atoms with Crippen LogP contribution >= 0.6 is 0 Å². The second-order valence-corrected chi connectivity index (χ2v) is 8.82. The summed E-state index contributed by atoms with van der Waals surface area (Å²) in [6.45, 7) is 3.64. The normalized spacial score (nSPS) is 17.0. The molecule has 10 heteroatoms. The van der Waals surface area contributed by atoms with Crippen LogP contribution in [0.5, 0.6) is 0 Å². The molecule has 1 aliphatic rings. The van der Waals surface area contributed by atoms with Gasteiger partial charge < -0.3 is 20.4 Å². The minimum atomic E-state index is -3.88.